The van der Waals surface area contributed by atoms with Crippen molar-refractivity contribution in [2.75, 3.05) is 0 Å². The van der Waals surface area contributed by atoms with Gasteiger partial charge in [0.2, 0.25) is 0 Å². The fraction of sp³-hybridized carbons (Fsp3) is 0.357. The van der Waals surface area contributed by atoms with Gasteiger partial charge in [0.15, 0.2) is 5.58 Å². The van der Waals surface area contributed by atoms with Crippen molar-refractivity contribution in [3.63, 3.8) is 0 Å². The summed E-state index contributed by atoms with van der Waals surface area (Å²) >= 11 is 0. The molecule has 0 amide bonds. The van der Waals surface area contributed by atoms with Gasteiger partial charge in [0.05, 0.1) is 12.5 Å². The van der Waals surface area contributed by atoms with Crippen LogP contribution in [-0.2, 0) is 0 Å². The number of hydrogen-bond acceptors (Lipinski definition) is 2. The van der Waals surface area contributed by atoms with E-state index in [1.807, 2.05) is 63.7 Å². The second kappa shape index (κ2) is 6.09. The van der Waals surface area contributed by atoms with Crippen LogP contribution in [0.25, 0.3) is 16.5 Å². The lowest BCUT2D eigenvalue weighted by molar-refractivity contribution is 0.617. The number of fused-ring (bicyclic) bond motifs is 3. The van der Waals surface area contributed by atoms with Gasteiger partial charge in [-0.3, -0.25) is 0 Å². The molecule has 0 aliphatic rings. The van der Waals surface area contributed by atoms with Gasteiger partial charge in [0.25, 0.3) is 0 Å². The highest BCUT2D eigenvalue weighted by atomic mass is 16.3. The number of furan rings is 1. The Morgan fingerprint density at radius 3 is 2.53 bits per heavy atom. The highest BCUT2D eigenvalue weighted by Crippen LogP contribution is 2.22. The standard InChI is InChI=1S/C10H8N2O.2C2H6/c1-7-6-11-12-4-2-8-3-5-13-10(8)9(7)12;2*1-2/h2-6H,1H3;2*1-2H3. The van der Waals surface area contributed by atoms with Crippen LogP contribution in [-0.4, -0.2) is 9.61 Å². The van der Waals surface area contributed by atoms with Crippen LogP contribution in [0.15, 0.2) is 35.2 Å². The molecule has 0 spiro atoms. The fourth-order valence-corrected chi connectivity index (χ4v) is 1.64. The van der Waals surface area contributed by atoms with E-state index in [0.29, 0.717) is 0 Å². The van der Waals surface area contributed by atoms with E-state index < -0.39 is 0 Å². The maximum atomic E-state index is 5.41. The van der Waals surface area contributed by atoms with Crippen molar-refractivity contribution in [3.8, 4) is 0 Å². The lowest BCUT2D eigenvalue weighted by Crippen LogP contribution is -1.84. The first-order valence-corrected chi connectivity index (χ1v) is 6.16. The molecule has 0 N–H and O–H groups in total. The minimum atomic E-state index is 0.914. The Morgan fingerprint density at radius 1 is 1.12 bits per heavy atom. The highest BCUT2D eigenvalue weighted by molar-refractivity contribution is 5.92. The van der Waals surface area contributed by atoms with Crippen LogP contribution in [0, 0.1) is 6.92 Å². The van der Waals surface area contributed by atoms with Gasteiger partial charge in [-0.25, -0.2) is 4.52 Å². The summed E-state index contributed by atoms with van der Waals surface area (Å²) in [5.74, 6) is 0. The first kappa shape index (κ1) is 13.3. The summed E-state index contributed by atoms with van der Waals surface area (Å²) in [6.07, 6.45) is 5.49. The Hall–Kier alpha value is -1.77. The molecule has 0 bridgehead atoms. The molecule has 0 saturated heterocycles. The number of hydrogen-bond donors (Lipinski definition) is 0. The van der Waals surface area contributed by atoms with E-state index in [2.05, 4.69) is 5.10 Å². The first-order chi connectivity index (χ1) is 8.36. The van der Waals surface area contributed by atoms with Crippen molar-refractivity contribution in [1.82, 2.24) is 9.61 Å². The molecular weight excluding hydrogens is 212 g/mol. The molecule has 0 atom stereocenters. The van der Waals surface area contributed by atoms with Crippen molar-refractivity contribution < 1.29 is 4.42 Å². The first-order valence-electron chi connectivity index (χ1n) is 6.16. The molecular formula is C14H20N2O. The Bertz CT molecular complexity index is 578. The van der Waals surface area contributed by atoms with E-state index in [1.165, 1.54) is 0 Å². The van der Waals surface area contributed by atoms with Gasteiger partial charge in [-0.05, 0) is 24.6 Å². The zero-order valence-electron chi connectivity index (χ0n) is 11.2. The minimum absolute atomic E-state index is 0.914. The normalized spacial score (nSPS) is 9.47. The van der Waals surface area contributed by atoms with Crippen LogP contribution in [0.5, 0.6) is 0 Å². The van der Waals surface area contributed by atoms with Crippen molar-refractivity contribution >= 4 is 16.5 Å². The summed E-state index contributed by atoms with van der Waals surface area (Å²) < 4.78 is 7.24. The van der Waals surface area contributed by atoms with Gasteiger partial charge < -0.3 is 4.42 Å². The van der Waals surface area contributed by atoms with Gasteiger partial charge in [-0.1, -0.05) is 27.7 Å². The molecule has 3 rings (SSSR count). The second-order valence-electron chi connectivity index (χ2n) is 3.14. The summed E-state index contributed by atoms with van der Waals surface area (Å²) in [6, 6.07) is 3.96. The van der Waals surface area contributed by atoms with E-state index >= 15 is 0 Å². The molecule has 0 radical (unpaired) electrons. The summed E-state index contributed by atoms with van der Waals surface area (Å²) in [6.45, 7) is 10.0. The molecule has 0 saturated carbocycles. The third-order valence-corrected chi connectivity index (χ3v) is 2.28. The van der Waals surface area contributed by atoms with Gasteiger partial charge in [0, 0.05) is 11.6 Å². The fourth-order valence-electron chi connectivity index (χ4n) is 1.64. The van der Waals surface area contributed by atoms with Crippen molar-refractivity contribution in [2.45, 2.75) is 34.6 Å². The van der Waals surface area contributed by atoms with Crippen LogP contribution >= 0.6 is 0 Å². The third-order valence-electron chi connectivity index (χ3n) is 2.28. The van der Waals surface area contributed by atoms with Gasteiger partial charge >= 0.3 is 0 Å². The summed E-state index contributed by atoms with van der Waals surface area (Å²) in [5.41, 5.74) is 3.11. The Labute approximate surface area is 102 Å². The van der Waals surface area contributed by atoms with Crippen molar-refractivity contribution in [2.24, 2.45) is 0 Å². The van der Waals surface area contributed by atoms with Gasteiger partial charge in [0.1, 0.15) is 5.52 Å². The van der Waals surface area contributed by atoms with E-state index in [4.69, 9.17) is 4.42 Å². The molecule has 3 heterocycles. The van der Waals surface area contributed by atoms with E-state index in [9.17, 15) is 0 Å². The zero-order valence-corrected chi connectivity index (χ0v) is 11.2. The maximum absolute atomic E-state index is 5.41. The molecule has 0 aromatic carbocycles. The second-order valence-corrected chi connectivity index (χ2v) is 3.14. The lowest BCUT2D eigenvalue weighted by atomic mass is 10.2. The number of aromatic nitrogens is 2. The molecule has 17 heavy (non-hydrogen) atoms. The molecule has 3 nitrogen and oxygen atoms in total. The molecule has 3 aromatic heterocycles. The summed E-state index contributed by atoms with van der Waals surface area (Å²) in [4.78, 5) is 0. The van der Waals surface area contributed by atoms with Gasteiger partial charge in [-0.2, -0.15) is 5.10 Å². The third kappa shape index (κ3) is 2.33. The predicted octanol–water partition coefficient (Wildman–Crippen LogP) is 4.44. The smallest absolute Gasteiger partial charge is 0.159 e. The largest absolute Gasteiger partial charge is 0.462 e. The van der Waals surface area contributed by atoms with Crippen LogP contribution in [0.4, 0.5) is 0 Å². The van der Waals surface area contributed by atoms with E-state index in [-0.39, 0.29) is 0 Å². The molecule has 0 unspecified atom stereocenters. The zero-order chi connectivity index (χ0) is 12.8. The average molecular weight is 232 g/mol. The Balaban J connectivity index is 0.000000330. The predicted molar refractivity (Wildman–Crippen MR) is 72.4 cm³/mol. The lowest BCUT2D eigenvalue weighted by Gasteiger charge is -1.94. The van der Waals surface area contributed by atoms with Crippen molar-refractivity contribution in [3.05, 3.63) is 36.4 Å². The quantitative estimate of drug-likeness (QED) is 0.573. The molecule has 92 valence electrons. The molecule has 3 aromatic rings. The monoisotopic (exact) mass is 232 g/mol. The SMILES string of the molecule is CC.CC.Cc1cnn2ccc3ccoc3c12. The minimum Gasteiger partial charge on any atom is -0.462 e. The number of nitrogens with zero attached hydrogens (tertiary/aromatic N) is 2. The summed E-state index contributed by atoms with van der Waals surface area (Å²) in [7, 11) is 0. The maximum Gasteiger partial charge on any atom is 0.159 e. The Kier molecular flexibility index (Phi) is 4.76. The van der Waals surface area contributed by atoms with Crippen LogP contribution in [0.2, 0.25) is 0 Å². The van der Waals surface area contributed by atoms with Crippen LogP contribution in [0.3, 0.4) is 0 Å². The summed E-state index contributed by atoms with van der Waals surface area (Å²) in [5, 5.41) is 5.33. The number of rotatable bonds is 0. The molecule has 3 heteroatoms. The van der Waals surface area contributed by atoms with Crippen LogP contribution < -0.4 is 0 Å². The molecule has 0 aliphatic carbocycles. The molecule has 0 fully saturated rings. The molecule has 0 aliphatic heterocycles. The van der Waals surface area contributed by atoms with E-state index in [1.54, 1.807) is 6.26 Å². The van der Waals surface area contributed by atoms with E-state index in [0.717, 1.165) is 22.0 Å². The Morgan fingerprint density at radius 2 is 1.82 bits per heavy atom. The highest BCUT2D eigenvalue weighted by Gasteiger charge is 2.06. The number of pyridine rings is 1. The average Bonchev–Trinajstić information content (AvgIpc) is 3.00. The van der Waals surface area contributed by atoms with Crippen molar-refractivity contribution in [1.29, 1.82) is 0 Å². The van der Waals surface area contributed by atoms with Crippen LogP contribution in [0.1, 0.15) is 33.3 Å². The number of aryl methyl sites for hydroxylation is 1. The van der Waals surface area contributed by atoms with Gasteiger partial charge in [-0.15, -0.1) is 0 Å². The topological polar surface area (TPSA) is 30.4 Å².